The van der Waals surface area contributed by atoms with Crippen LogP contribution in [0, 0.1) is 18.6 Å². The standard InChI is InChI=1S/C11H13N3S/c1-7-5-4-6-9(8(7)2)10-12-13-11(15)14(10)3/h4-6H,1-3H3,(H,13,15). The third kappa shape index (κ3) is 1.61. The number of rotatable bonds is 1. The third-order valence-corrected chi connectivity index (χ3v) is 3.09. The second-order valence-electron chi connectivity index (χ2n) is 3.66. The molecule has 4 heteroatoms. The molecule has 0 saturated heterocycles. The number of nitrogens with one attached hydrogen (secondary N) is 1. The summed E-state index contributed by atoms with van der Waals surface area (Å²) in [5.41, 5.74) is 3.64. The molecule has 0 saturated carbocycles. The Morgan fingerprint density at radius 1 is 1.33 bits per heavy atom. The van der Waals surface area contributed by atoms with Crippen LogP contribution in [0.15, 0.2) is 18.2 Å². The number of aromatic amines is 1. The minimum absolute atomic E-state index is 0.644. The van der Waals surface area contributed by atoms with Crippen LogP contribution in [0.5, 0.6) is 0 Å². The van der Waals surface area contributed by atoms with Crippen LogP contribution in [0.2, 0.25) is 0 Å². The molecule has 1 N–H and O–H groups in total. The van der Waals surface area contributed by atoms with E-state index in [1.54, 1.807) is 0 Å². The first-order valence-corrected chi connectivity index (χ1v) is 5.20. The molecule has 0 amide bonds. The Morgan fingerprint density at radius 2 is 2.07 bits per heavy atom. The highest BCUT2D eigenvalue weighted by atomic mass is 32.1. The number of benzene rings is 1. The number of H-pyrrole nitrogens is 1. The molecule has 0 spiro atoms. The van der Waals surface area contributed by atoms with Crippen molar-refractivity contribution in [2.75, 3.05) is 0 Å². The second kappa shape index (κ2) is 3.62. The Labute approximate surface area is 93.8 Å². The third-order valence-electron chi connectivity index (χ3n) is 2.73. The van der Waals surface area contributed by atoms with Crippen LogP contribution < -0.4 is 0 Å². The number of aryl methyl sites for hydroxylation is 1. The van der Waals surface area contributed by atoms with Gasteiger partial charge in [-0.05, 0) is 37.2 Å². The Morgan fingerprint density at radius 3 is 2.67 bits per heavy atom. The van der Waals surface area contributed by atoms with Gasteiger partial charge in [-0.3, -0.25) is 5.10 Å². The van der Waals surface area contributed by atoms with Gasteiger partial charge >= 0.3 is 0 Å². The molecule has 3 nitrogen and oxygen atoms in total. The summed E-state index contributed by atoms with van der Waals surface area (Å²) < 4.78 is 2.53. The van der Waals surface area contributed by atoms with Gasteiger partial charge in [0.25, 0.3) is 0 Å². The molecule has 0 unspecified atom stereocenters. The van der Waals surface area contributed by atoms with Gasteiger partial charge in [0, 0.05) is 12.6 Å². The summed E-state index contributed by atoms with van der Waals surface area (Å²) in [6.45, 7) is 4.20. The van der Waals surface area contributed by atoms with E-state index < -0.39 is 0 Å². The van der Waals surface area contributed by atoms with Crippen LogP contribution in [0.25, 0.3) is 11.4 Å². The summed E-state index contributed by atoms with van der Waals surface area (Å²) in [5, 5.41) is 7.03. The summed E-state index contributed by atoms with van der Waals surface area (Å²) in [5.74, 6) is 0.890. The highest BCUT2D eigenvalue weighted by molar-refractivity contribution is 7.71. The fraction of sp³-hybridized carbons (Fsp3) is 0.273. The van der Waals surface area contributed by atoms with Crippen molar-refractivity contribution in [1.29, 1.82) is 0 Å². The molecule has 0 radical (unpaired) electrons. The molecule has 0 aliphatic rings. The maximum atomic E-state index is 5.10. The van der Waals surface area contributed by atoms with Crippen molar-refractivity contribution in [3.8, 4) is 11.4 Å². The molecule has 0 aliphatic heterocycles. The van der Waals surface area contributed by atoms with E-state index in [-0.39, 0.29) is 0 Å². The first-order chi connectivity index (χ1) is 7.11. The van der Waals surface area contributed by atoms with Gasteiger partial charge in [-0.2, -0.15) is 5.10 Å². The highest BCUT2D eigenvalue weighted by Crippen LogP contribution is 2.22. The molecule has 1 aromatic carbocycles. The van der Waals surface area contributed by atoms with Gasteiger partial charge in [0.2, 0.25) is 0 Å². The zero-order valence-electron chi connectivity index (χ0n) is 9.03. The molecular formula is C11H13N3S. The average Bonchev–Trinajstić information content (AvgIpc) is 2.53. The van der Waals surface area contributed by atoms with E-state index in [2.05, 4.69) is 36.2 Å². The molecule has 2 aromatic rings. The lowest BCUT2D eigenvalue weighted by Crippen LogP contribution is -1.95. The van der Waals surface area contributed by atoms with Crippen LogP contribution in [0.4, 0.5) is 0 Å². The SMILES string of the molecule is Cc1cccc(-c2n[nH]c(=S)n2C)c1C. The summed E-state index contributed by atoms with van der Waals surface area (Å²) in [6, 6.07) is 6.20. The maximum Gasteiger partial charge on any atom is 0.195 e. The minimum atomic E-state index is 0.644. The largest absolute Gasteiger partial charge is 0.303 e. The van der Waals surface area contributed by atoms with Crippen molar-refractivity contribution >= 4 is 12.2 Å². The van der Waals surface area contributed by atoms with Gasteiger partial charge < -0.3 is 4.57 Å². The van der Waals surface area contributed by atoms with E-state index in [9.17, 15) is 0 Å². The van der Waals surface area contributed by atoms with E-state index in [1.165, 1.54) is 11.1 Å². The van der Waals surface area contributed by atoms with E-state index in [0.29, 0.717) is 4.77 Å². The Balaban J connectivity index is 2.69. The number of aromatic nitrogens is 3. The molecule has 0 aliphatic carbocycles. The van der Waals surface area contributed by atoms with Crippen LogP contribution in [0.1, 0.15) is 11.1 Å². The summed E-state index contributed by atoms with van der Waals surface area (Å²) in [4.78, 5) is 0. The molecule has 1 heterocycles. The van der Waals surface area contributed by atoms with Crippen molar-refractivity contribution in [2.24, 2.45) is 7.05 Å². The van der Waals surface area contributed by atoms with Gasteiger partial charge in [-0.1, -0.05) is 18.2 Å². The van der Waals surface area contributed by atoms with Crippen molar-refractivity contribution in [3.63, 3.8) is 0 Å². The van der Waals surface area contributed by atoms with E-state index >= 15 is 0 Å². The Kier molecular flexibility index (Phi) is 2.44. The van der Waals surface area contributed by atoms with E-state index in [1.807, 2.05) is 17.7 Å². The lowest BCUT2D eigenvalue weighted by molar-refractivity contribution is 0.900. The van der Waals surface area contributed by atoms with Crippen molar-refractivity contribution in [2.45, 2.75) is 13.8 Å². The molecule has 78 valence electrons. The summed E-state index contributed by atoms with van der Waals surface area (Å²) in [7, 11) is 1.92. The lowest BCUT2D eigenvalue weighted by Gasteiger charge is -2.07. The fourth-order valence-electron chi connectivity index (χ4n) is 1.58. The maximum absolute atomic E-state index is 5.10. The Hall–Kier alpha value is -1.42. The first-order valence-electron chi connectivity index (χ1n) is 4.79. The normalized spacial score (nSPS) is 10.6. The van der Waals surface area contributed by atoms with Crippen LogP contribution in [0.3, 0.4) is 0 Å². The second-order valence-corrected chi connectivity index (χ2v) is 4.05. The number of nitrogens with zero attached hydrogens (tertiary/aromatic N) is 2. The molecule has 0 bridgehead atoms. The summed E-state index contributed by atoms with van der Waals surface area (Å²) >= 11 is 5.10. The minimum Gasteiger partial charge on any atom is -0.303 e. The van der Waals surface area contributed by atoms with Crippen molar-refractivity contribution in [1.82, 2.24) is 14.8 Å². The summed E-state index contributed by atoms with van der Waals surface area (Å²) in [6.07, 6.45) is 0. The van der Waals surface area contributed by atoms with Gasteiger partial charge in [0.1, 0.15) is 0 Å². The van der Waals surface area contributed by atoms with Gasteiger partial charge in [0.05, 0.1) is 0 Å². The highest BCUT2D eigenvalue weighted by Gasteiger charge is 2.08. The fourth-order valence-corrected chi connectivity index (χ4v) is 1.71. The van der Waals surface area contributed by atoms with Gasteiger partial charge in [-0.25, -0.2) is 0 Å². The first kappa shape index (κ1) is 10.1. The van der Waals surface area contributed by atoms with Crippen molar-refractivity contribution < 1.29 is 0 Å². The quantitative estimate of drug-likeness (QED) is 0.748. The lowest BCUT2D eigenvalue weighted by atomic mass is 10.0. The Bertz CT molecular complexity index is 551. The van der Waals surface area contributed by atoms with E-state index in [4.69, 9.17) is 12.2 Å². The molecule has 0 fully saturated rings. The number of hydrogen-bond acceptors (Lipinski definition) is 2. The predicted molar refractivity (Wildman–Crippen MR) is 63.3 cm³/mol. The van der Waals surface area contributed by atoms with Crippen LogP contribution >= 0.6 is 12.2 Å². The molecule has 0 atom stereocenters. The predicted octanol–water partition coefficient (Wildman–Crippen LogP) is 2.76. The van der Waals surface area contributed by atoms with E-state index in [0.717, 1.165) is 11.4 Å². The van der Waals surface area contributed by atoms with Crippen LogP contribution in [-0.4, -0.2) is 14.8 Å². The zero-order chi connectivity index (χ0) is 11.0. The number of hydrogen-bond donors (Lipinski definition) is 1. The molecule has 1 aromatic heterocycles. The zero-order valence-corrected chi connectivity index (χ0v) is 9.85. The topological polar surface area (TPSA) is 33.6 Å². The van der Waals surface area contributed by atoms with Gasteiger partial charge in [0.15, 0.2) is 10.6 Å². The smallest absolute Gasteiger partial charge is 0.195 e. The van der Waals surface area contributed by atoms with Crippen LogP contribution in [-0.2, 0) is 7.05 Å². The molecule has 2 rings (SSSR count). The average molecular weight is 219 g/mol. The molecular weight excluding hydrogens is 206 g/mol. The molecule has 15 heavy (non-hydrogen) atoms. The van der Waals surface area contributed by atoms with Crippen molar-refractivity contribution in [3.05, 3.63) is 34.1 Å². The van der Waals surface area contributed by atoms with Gasteiger partial charge in [-0.15, -0.1) is 0 Å². The monoisotopic (exact) mass is 219 g/mol.